The number of benzene rings is 1. The number of ether oxygens (including phenoxy) is 2. The fraction of sp³-hybridized carbons (Fsp3) is 0.111. The summed E-state index contributed by atoms with van der Waals surface area (Å²) in [6, 6.07) is 9.20. The Hall–Kier alpha value is -3.48. The first-order valence-electron chi connectivity index (χ1n) is 7.59. The van der Waals surface area contributed by atoms with Crippen LogP contribution in [0.4, 0.5) is 0 Å². The van der Waals surface area contributed by atoms with E-state index in [0.717, 1.165) is 11.3 Å². The number of fused-ring (bicyclic) bond motifs is 1. The summed E-state index contributed by atoms with van der Waals surface area (Å²) < 4.78 is 16.6. The third kappa shape index (κ3) is 3.25. The molecular weight excluding hydrogens is 320 g/mol. The molecule has 3 aromatic heterocycles. The maximum Gasteiger partial charge on any atom is 0.230 e. The molecular formula is C18H14N4O3. The Morgan fingerprint density at radius 3 is 2.60 bits per heavy atom. The summed E-state index contributed by atoms with van der Waals surface area (Å²) in [5.74, 6) is 1.88. The molecule has 0 aliphatic heterocycles. The number of aromatic nitrogens is 4. The van der Waals surface area contributed by atoms with Crippen LogP contribution < -0.4 is 9.47 Å². The topological polar surface area (TPSA) is 83.2 Å². The lowest BCUT2D eigenvalue weighted by Gasteiger charge is -2.06. The third-order valence-corrected chi connectivity index (χ3v) is 3.59. The summed E-state index contributed by atoms with van der Waals surface area (Å²) in [6.45, 7) is 0.354. The molecule has 0 bridgehead atoms. The van der Waals surface area contributed by atoms with E-state index in [1.165, 1.54) is 6.33 Å². The minimum Gasteiger partial charge on any atom is -0.495 e. The minimum absolute atomic E-state index is 0.354. The Labute approximate surface area is 143 Å². The first-order chi connectivity index (χ1) is 12.3. The molecule has 0 radical (unpaired) electrons. The van der Waals surface area contributed by atoms with Crippen LogP contribution in [0.25, 0.3) is 22.6 Å². The van der Waals surface area contributed by atoms with E-state index in [9.17, 15) is 0 Å². The Morgan fingerprint density at radius 1 is 1.00 bits per heavy atom. The molecule has 25 heavy (non-hydrogen) atoms. The molecule has 7 heteroatoms. The van der Waals surface area contributed by atoms with Crippen LogP contribution >= 0.6 is 0 Å². The van der Waals surface area contributed by atoms with Gasteiger partial charge in [0.15, 0.2) is 5.58 Å². The molecule has 4 rings (SSSR count). The second kappa shape index (κ2) is 6.56. The molecule has 7 nitrogen and oxygen atoms in total. The van der Waals surface area contributed by atoms with E-state index >= 15 is 0 Å². The molecule has 1 aromatic carbocycles. The fourth-order valence-corrected chi connectivity index (χ4v) is 2.30. The molecule has 0 amide bonds. The maximum absolute atomic E-state index is 5.78. The van der Waals surface area contributed by atoms with Crippen LogP contribution in [0.15, 0.2) is 59.7 Å². The molecule has 0 spiro atoms. The van der Waals surface area contributed by atoms with Gasteiger partial charge in [0, 0.05) is 18.5 Å². The highest BCUT2D eigenvalue weighted by Gasteiger charge is 2.10. The number of pyridine rings is 1. The number of oxazole rings is 1. The summed E-state index contributed by atoms with van der Waals surface area (Å²) in [5, 5.41) is 0. The Kier molecular flexibility index (Phi) is 3.96. The van der Waals surface area contributed by atoms with Crippen molar-refractivity contribution in [3.05, 3.63) is 60.9 Å². The molecule has 0 aliphatic rings. The highest BCUT2D eigenvalue weighted by atomic mass is 16.5. The first kappa shape index (κ1) is 15.1. The van der Waals surface area contributed by atoms with E-state index in [0.29, 0.717) is 35.1 Å². The average molecular weight is 334 g/mol. The van der Waals surface area contributed by atoms with Crippen LogP contribution in [0.2, 0.25) is 0 Å². The molecule has 0 unspecified atom stereocenters. The summed E-state index contributed by atoms with van der Waals surface area (Å²) in [5.41, 5.74) is 2.92. The molecule has 4 aromatic rings. The molecule has 0 saturated heterocycles. The zero-order valence-corrected chi connectivity index (χ0v) is 13.4. The van der Waals surface area contributed by atoms with Gasteiger partial charge in [0.05, 0.1) is 24.6 Å². The summed E-state index contributed by atoms with van der Waals surface area (Å²) in [7, 11) is 1.61. The normalized spacial score (nSPS) is 10.8. The molecule has 0 saturated carbocycles. The predicted molar refractivity (Wildman–Crippen MR) is 90.2 cm³/mol. The summed E-state index contributed by atoms with van der Waals surface area (Å²) in [6.07, 6.45) is 6.44. The van der Waals surface area contributed by atoms with Crippen molar-refractivity contribution in [2.45, 2.75) is 6.61 Å². The summed E-state index contributed by atoms with van der Waals surface area (Å²) in [4.78, 5) is 16.7. The van der Waals surface area contributed by atoms with Gasteiger partial charge in [-0.05, 0) is 24.3 Å². The molecule has 0 aliphatic carbocycles. The number of methoxy groups -OCH3 is 1. The minimum atomic E-state index is 0.354. The van der Waals surface area contributed by atoms with Gasteiger partial charge in [-0.1, -0.05) is 0 Å². The van der Waals surface area contributed by atoms with Crippen LogP contribution in [0.1, 0.15) is 5.69 Å². The van der Waals surface area contributed by atoms with Crippen LogP contribution in [-0.4, -0.2) is 27.0 Å². The van der Waals surface area contributed by atoms with Crippen molar-refractivity contribution in [1.29, 1.82) is 0 Å². The summed E-state index contributed by atoms with van der Waals surface area (Å²) >= 11 is 0. The zero-order chi connectivity index (χ0) is 17.1. The van der Waals surface area contributed by atoms with Crippen LogP contribution in [0, 0.1) is 0 Å². The van der Waals surface area contributed by atoms with Crippen LogP contribution in [0.3, 0.4) is 0 Å². The van der Waals surface area contributed by atoms with Crippen molar-refractivity contribution in [3.8, 4) is 23.0 Å². The van der Waals surface area contributed by atoms with Gasteiger partial charge in [0.25, 0.3) is 0 Å². The van der Waals surface area contributed by atoms with E-state index < -0.39 is 0 Å². The highest BCUT2D eigenvalue weighted by Crippen LogP contribution is 2.26. The Balaban J connectivity index is 1.52. The van der Waals surface area contributed by atoms with E-state index in [1.54, 1.807) is 25.7 Å². The van der Waals surface area contributed by atoms with Crippen molar-refractivity contribution < 1.29 is 13.9 Å². The lowest BCUT2D eigenvalue weighted by atomic mass is 10.3. The zero-order valence-electron chi connectivity index (χ0n) is 13.4. The number of nitrogens with zero attached hydrogens (tertiary/aromatic N) is 4. The lowest BCUT2D eigenvalue weighted by molar-refractivity contribution is 0.301. The predicted octanol–water partition coefficient (Wildman–Crippen LogP) is 3.27. The molecule has 0 fully saturated rings. The van der Waals surface area contributed by atoms with E-state index in [1.807, 2.05) is 30.3 Å². The molecule has 124 valence electrons. The van der Waals surface area contributed by atoms with Gasteiger partial charge in [0.2, 0.25) is 5.89 Å². The van der Waals surface area contributed by atoms with Crippen molar-refractivity contribution in [1.82, 2.24) is 19.9 Å². The maximum atomic E-state index is 5.78. The number of rotatable bonds is 5. The second-order valence-electron chi connectivity index (χ2n) is 5.25. The van der Waals surface area contributed by atoms with Crippen LogP contribution in [0.5, 0.6) is 11.5 Å². The van der Waals surface area contributed by atoms with Gasteiger partial charge >= 0.3 is 0 Å². The van der Waals surface area contributed by atoms with Crippen molar-refractivity contribution in [3.63, 3.8) is 0 Å². The van der Waals surface area contributed by atoms with Gasteiger partial charge in [-0.15, -0.1) is 0 Å². The number of hydrogen-bond donors (Lipinski definition) is 0. The van der Waals surface area contributed by atoms with Crippen molar-refractivity contribution in [2.75, 3.05) is 7.11 Å². The van der Waals surface area contributed by atoms with E-state index in [4.69, 9.17) is 13.9 Å². The highest BCUT2D eigenvalue weighted by molar-refractivity contribution is 5.77. The largest absolute Gasteiger partial charge is 0.495 e. The monoisotopic (exact) mass is 334 g/mol. The van der Waals surface area contributed by atoms with E-state index in [2.05, 4.69) is 19.9 Å². The Morgan fingerprint density at radius 2 is 1.84 bits per heavy atom. The van der Waals surface area contributed by atoms with Gasteiger partial charge in [0.1, 0.15) is 29.9 Å². The average Bonchev–Trinajstić information content (AvgIpc) is 3.11. The second-order valence-corrected chi connectivity index (χ2v) is 5.25. The molecule has 0 N–H and O–H groups in total. The standard InChI is InChI=1S/C18H14N4O3/c1-23-15-3-2-13(21-9-15)10-24-14-4-5-17-16(6-14)22-18(25-17)12-7-19-11-20-8-12/h2-9,11H,10H2,1H3. The van der Waals surface area contributed by atoms with E-state index in [-0.39, 0.29) is 0 Å². The molecule has 3 heterocycles. The van der Waals surface area contributed by atoms with Gasteiger partial charge < -0.3 is 13.9 Å². The quantitative estimate of drug-likeness (QED) is 0.554. The van der Waals surface area contributed by atoms with Gasteiger partial charge in [-0.2, -0.15) is 0 Å². The fourth-order valence-electron chi connectivity index (χ4n) is 2.30. The number of hydrogen-bond acceptors (Lipinski definition) is 7. The Bertz CT molecular complexity index is 984. The first-order valence-corrected chi connectivity index (χ1v) is 7.59. The van der Waals surface area contributed by atoms with Gasteiger partial charge in [-0.25, -0.2) is 15.0 Å². The molecule has 0 atom stereocenters. The smallest absolute Gasteiger partial charge is 0.230 e. The van der Waals surface area contributed by atoms with Crippen molar-refractivity contribution >= 4 is 11.1 Å². The third-order valence-electron chi connectivity index (χ3n) is 3.59. The lowest BCUT2D eigenvalue weighted by Crippen LogP contribution is -1.98. The SMILES string of the molecule is COc1ccc(COc2ccc3oc(-c4cncnc4)nc3c2)nc1. The van der Waals surface area contributed by atoms with Gasteiger partial charge in [-0.3, -0.25) is 4.98 Å². The van der Waals surface area contributed by atoms with Crippen LogP contribution in [-0.2, 0) is 6.61 Å². The van der Waals surface area contributed by atoms with Crippen molar-refractivity contribution in [2.24, 2.45) is 0 Å².